The van der Waals surface area contributed by atoms with Gasteiger partial charge in [0.25, 0.3) is 5.91 Å². The molecule has 0 radical (unpaired) electrons. The molecule has 3 nitrogen and oxygen atoms in total. The van der Waals surface area contributed by atoms with Gasteiger partial charge in [-0.05, 0) is 29.9 Å². The summed E-state index contributed by atoms with van der Waals surface area (Å²) in [4.78, 5) is 11.5. The van der Waals surface area contributed by atoms with E-state index in [9.17, 15) is 4.79 Å². The minimum atomic E-state index is -0.189. The molecule has 17 heavy (non-hydrogen) atoms. The number of ether oxygens (including phenoxy) is 1. The number of benzene rings is 1. The van der Waals surface area contributed by atoms with Gasteiger partial charge in [-0.3, -0.25) is 4.79 Å². The maximum atomic E-state index is 11.5. The van der Waals surface area contributed by atoms with E-state index in [2.05, 4.69) is 23.5 Å². The summed E-state index contributed by atoms with van der Waals surface area (Å²) in [7, 11) is 0. The Morgan fingerprint density at radius 3 is 2.76 bits per heavy atom. The molecule has 0 aromatic heterocycles. The van der Waals surface area contributed by atoms with Crippen LogP contribution in [0.2, 0.25) is 0 Å². The van der Waals surface area contributed by atoms with Crippen LogP contribution in [0.3, 0.4) is 0 Å². The summed E-state index contributed by atoms with van der Waals surface area (Å²) in [6.45, 7) is 1.21. The highest BCUT2D eigenvalue weighted by atomic mass is 16.6. The molecule has 1 aliphatic heterocycles. The lowest BCUT2D eigenvalue weighted by atomic mass is 9.78. The van der Waals surface area contributed by atoms with Gasteiger partial charge in [0.15, 0.2) is 6.10 Å². The molecule has 0 spiro atoms. The van der Waals surface area contributed by atoms with Crippen molar-refractivity contribution < 1.29 is 9.53 Å². The fourth-order valence-corrected chi connectivity index (χ4v) is 2.31. The molecule has 1 saturated carbocycles. The maximum absolute atomic E-state index is 11.5. The first kappa shape index (κ1) is 10.8. The molecule has 1 amide bonds. The zero-order chi connectivity index (χ0) is 11.7. The molecule has 1 heterocycles. The fourth-order valence-electron chi connectivity index (χ4n) is 2.31. The second-order valence-electron chi connectivity index (χ2n) is 4.87. The van der Waals surface area contributed by atoms with E-state index in [0.29, 0.717) is 19.1 Å². The topological polar surface area (TPSA) is 41.6 Å². The van der Waals surface area contributed by atoms with E-state index in [1.807, 2.05) is 6.07 Å². The molecule has 1 saturated heterocycles. The minimum absolute atomic E-state index is 0.0217. The Labute approximate surface area is 101 Å². The Bertz CT molecular complexity index is 422. The summed E-state index contributed by atoms with van der Waals surface area (Å²) in [6, 6.07) is 8.43. The standard InChI is InChI=1S/C14H17NO2/c16-14(13-9-17-13)15-8-11-4-1-2-7-12(11)10-5-3-6-10/h1-2,4,7,10,13H,3,5-6,8-9H2,(H,15,16). The highest BCUT2D eigenvalue weighted by molar-refractivity contribution is 5.82. The highest BCUT2D eigenvalue weighted by Crippen LogP contribution is 2.37. The van der Waals surface area contributed by atoms with E-state index >= 15 is 0 Å². The lowest BCUT2D eigenvalue weighted by molar-refractivity contribution is -0.122. The molecule has 2 aliphatic rings. The van der Waals surface area contributed by atoms with E-state index in [4.69, 9.17) is 4.74 Å². The summed E-state index contributed by atoms with van der Waals surface area (Å²) in [5.41, 5.74) is 2.67. The maximum Gasteiger partial charge on any atom is 0.251 e. The van der Waals surface area contributed by atoms with Crippen molar-refractivity contribution in [1.82, 2.24) is 5.32 Å². The Balaban J connectivity index is 1.66. The van der Waals surface area contributed by atoms with E-state index in [-0.39, 0.29) is 12.0 Å². The number of carbonyl (C=O) groups is 1. The molecule has 1 aliphatic carbocycles. The zero-order valence-electron chi connectivity index (χ0n) is 9.82. The monoisotopic (exact) mass is 231 g/mol. The van der Waals surface area contributed by atoms with Crippen LogP contribution < -0.4 is 5.32 Å². The number of carbonyl (C=O) groups excluding carboxylic acids is 1. The number of hydrogen-bond donors (Lipinski definition) is 1. The van der Waals surface area contributed by atoms with Gasteiger partial charge >= 0.3 is 0 Å². The van der Waals surface area contributed by atoms with Crippen molar-refractivity contribution in [2.75, 3.05) is 6.61 Å². The summed E-state index contributed by atoms with van der Waals surface area (Å²) < 4.78 is 4.96. The van der Waals surface area contributed by atoms with Crippen molar-refractivity contribution in [3.05, 3.63) is 35.4 Å². The van der Waals surface area contributed by atoms with Gasteiger partial charge in [0.2, 0.25) is 0 Å². The number of rotatable bonds is 4. The normalized spacial score (nSPS) is 22.9. The molecule has 3 heteroatoms. The third-order valence-corrected chi connectivity index (χ3v) is 3.68. The van der Waals surface area contributed by atoms with Gasteiger partial charge in [0.1, 0.15) is 0 Å². The van der Waals surface area contributed by atoms with E-state index < -0.39 is 0 Å². The quantitative estimate of drug-likeness (QED) is 0.805. The second-order valence-corrected chi connectivity index (χ2v) is 4.87. The van der Waals surface area contributed by atoms with Crippen LogP contribution in [0, 0.1) is 0 Å². The van der Waals surface area contributed by atoms with Gasteiger partial charge < -0.3 is 10.1 Å². The van der Waals surface area contributed by atoms with Gasteiger partial charge in [-0.1, -0.05) is 30.7 Å². The molecular formula is C14H17NO2. The number of amides is 1. The largest absolute Gasteiger partial charge is 0.363 e. The van der Waals surface area contributed by atoms with Gasteiger partial charge in [0.05, 0.1) is 6.61 Å². The van der Waals surface area contributed by atoms with Crippen LogP contribution in [0.5, 0.6) is 0 Å². The SMILES string of the molecule is O=C(NCc1ccccc1C1CCC1)C1CO1. The number of hydrogen-bond acceptors (Lipinski definition) is 2. The second kappa shape index (κ2) is 4.49. The van der Waals surface area contributed by atoms with Crippen molar-refractivity contribution in [3.63, 3.8) is 0 Å². The molecule has 3 rings (SSSR count). The van der Waals surface area contributed by atoms with E-state index in [0.717, 1.165) is 0 Å². The Morgan fingerprint density at radius 2 is 2.12 bits per heavy atom. The molecule has 1 aromatic carbocycles. The molecule has 2 fully saturated rings. The molecule has 1 aromatic rings. The first-order valence-corrected chi connectivity index (χ1v) is 6.32. The van der Waals surface area contributed by atoms with Gasteiger partial charge in [-0.15, -0.1) is 0 Å². The van der Waals surface area contributed by atoms with Crippen LogP contribution in [0.15, 0.2) is 24.3 Å². The van der Waals surface area contributed by atoms with Crippen LogP contribution >= 0.6 is 0 Å². The van der Waals surface area contributed by atoms with Gasteiger partial charge in [-0.25, -0.2) is 0 Å². The molecule has 1 unspecified atom stereocenters. The third-order valence-electron chi connectivity index (χ3n) is 3.68. The Kier molecular flexibility index (Phi) is 2.85. The van der Waals surface area contributed by atoms with Crippen LogP contribution in [0.25, 0.3) is 0 Å². The lowest BCUT2D eigenvalue weighted by Crippen LogP contribution is -2.28. The Morgan fingerprint density at radius 1 is 1.35 bits per heavy atom. The fraction of sp³-hybridized carbons (Fsp3) is 0.500. The molecule has 1 atom stereocenters. The summed E-state index contributed by atoms with van der Waals surface area (Å²) in [5.74, 6) is 0.730. The average Bonchev–Trinajstić information content (AvgIpc) is 3.09. The predicted molar refractivity (Wildman–Crippen MR) is 64.6 cm³/mol. The average molecular weight is 231 g/mol. The van der Waals surface area contributed by atoms with Crippen LogP contribution in [0.1, 0.15) is 36.3 Å². The van der Waals surface area contributed by atoms with Crippen molar-refractivity contribution in [2.24, 2.45) is 0 Å². The first-order valence-electron chi connectivity index (χ1n) is 6.32. The first-order chi connectivity index (χ1) is 8.34. The molecule has 1 N–H and O–H groups in total. The highest BCUT2D eigenvalue weighted by Gasteiger charge is 2.31. The van der Waals surface area contributed by atoms with Crippen molar-refractivity contribution >= 4 is 5.91 Å². The third kappa shape index (κ3) is 2.34. The van der Waals surface area contributed by atoms with Crippen molar-refractivity contribution in [1.29, 1.82) is 0 Å². The van der Waals surface area contributed by atoms with Gasteiger partial charge in [0, 0.05) is 6.54 Å². The lowest BCUT2D eigenvalue weighted by Gasteiger charge is -2.28. The summed E-state index contributed by atoms with van der Waals surface area (Å²) in [5, 5.41) is 2.94. The predicted octanol–water partition coefficient (Wildman–Crippen LogP) is 1.97. The van der Waals surface area contributed by atoms with Crippen molar-refractivity contribution in [2.45, 2.75) is 37.8 Å². The number of nitrogens with one attached hydrogen (secondary N) is 1. The van der Waals surface area contributed by atoms with Crippen LogP contribution in [0.4, 0.5) is 0 Å². The zero-order valence-corrected chi connectivity index (χ0v) is 9.82. The van der Waals surface area contributed by atoms with Crippen molar-refractivity contribution in [3.8, 4) is 0 Å². The van der Waals surface area contributed by atoms with Crippen LogP contribution in [-0.2, 0) is 16.1 Å². The Hall–Kier alpha value is -1.35. The van der Waals surface area contributed by atoms with Crippen LogP contribution in [-0.4, -0.2) is 18.6 Å². The summed E-state index contributed by atoms with van der Waals surface area (Å²) >= 11 is 0. The van der Waals surface area contributed by atoms with E-state index in [1.54, 1.807) is 0 Å². The van der Waals surface area contributed by atoms with E-state index in [1.165, 1.54) is 30.4 Å². The number of epoxide rings is 1. The van der Waals surface area contributed by atoms with Gasteiger partial charge in [-0.2, -0.15) is 0 Å². The molecular weight excluding hydrogens is 214 g/mol. The minimum Gasteiger partial charge on any atom is -0.363 e. The molecule has 0 bridgehead atoms. The molecule has 90 valence electrons. The smallest absolute Gasteiger partial charge is 0.251 e. The summed E-state index contributed by atoms with van der Waals surface area (Å²) in [6.07, 6.45) is 3.72.